The molecule has 1 unspecified atom stereocenters. The number of hydrogen-bond acceptors (Lipinski definition) is 2. The average molecular weight is 158 g/mol. The van der Waals surface area contributed by atoms with Crippen molar-refractivity contribution in [2.45, 2.75) is 19.4 Å². The lowest BCUT2D eigenvalue weighted by molar-refractivity contribution is 0.130. The number of hydrogen-bond donors (Lipinski definition) is 2. The molecule has 0 radical (unpaired) electrons. The normalized spacial score (nSPS) is 21.3. The highest BCUT2D eigenvalue weighted by Gasteiger charge is 2.21. The van der Waals surface area contributed by atoms with Gasteiger partial charge >= 0.3 is 6.03 Å². The van der Waals surface area contributed by atoms with Gasteiger partial charge in [-0.15, -0.1) is 0 Å². The molecule has 1 saturated heterocycles. The van der Waals surface area contributed by atoms with Crippen molar-refractivity contribution < 1.29 is 9.90 Å². The molecule has 0 spiro atoms. The van der Waals surface area contributed by atoms with Crippen molar-refractivity contribution in [3.8, 4) is 0 Å². The van der Waals surface area contributed by atoms with Crippen LogP contribution < -0.4 is 5.32 Å². The van der Waals surface area contributed by atoms with E-state index >= 15 is 0 Å². The standard InChI is InChI=1S/C7H14N2O2/c1-6(5-10)9-4-2-3-8-7(9)11/h6,10H,2-5H2,1H3,(H,8,11). The molecule has 1 aliphatic heterocycles. The number of nitrogens with zero attached hydrogens (tertiary/aromatic N) is 1. The van der Waals surface area contributed by atoms with E-state index in [1.54, 1.807) is 4.90 Å². The van der Waals surface area contributed by atoms with Gasteiger partial charge in [-0.25, -0.2) is 4.79 Å². The molecule has 0 saturated carbocycles. The van der Waals surface area contributed by atoms with Crippen LogP contribution in [0.3, 0.4) is 0 Å². The molecule has 1 aliphatic rings. The maximum absolute atomic E-state index is 11.1. The molecule has 2 N–H and O–H groups in total. The Hall–Kier alpha value is -0.770. The molecule has 64 valence electrons. The molecule has 0 aromatic heterocycles. The van der Waals surface area contributed by atoms with Crippen molar-refractivity contribution in [2.24, 2.45) is 0 Å². The summed E-state index contributed by atoms with van der Waals surface area (Å²) in [6, 6.07) is -0.117. The van der Waals surface area contributed by atoms with Crippen LogP contribution in [0.15, 0.2) is 0 Å². The maximum Gasteiger partial charge on any atom is 0.317 e. The van der Waals surface area contributed by atoms with E-state index in [2.05, 4.69) is 5.32 Å². The molecule has 0 aliphatic carbocycles. The van der Waals surface area contributed by atoms with E-state index < -0.39 is 0 Å². The molecule has 11 heavy (non-hydrogen) atoms. The van der Waals surface area contributed by atoms with E-state index in [0.717, 1.165) is 19.5 Å². The van der Waals surface area contributed by atoms with Crippen molar-refractivity contribution in [3.05, 3.63) is 0 Å². The molecule has 2 amide bonds. The minimum atomic E-state index is -0.0599. The number of amides is 2. The van der Waals surface area contributed by atoms with Gasteiger partial charge in [0.2, 0.25) is 0 Å². The second-order valence-corrected chi connectivity index (χ2v) is 2.81. The highest BCUT2D eigenvalue weighted by atomic mass is 16.3. The largest absolute Gasteiger partial charge is 0.394 e. The first kappa shape index (κ1) is 8.33. The Morgan fingerprint density at radius 3 is 3.09 bits per heavy atom. The summed E-state index contributed by atoms with van der Waals surface area (Å²) in [7, 11) is 0. The zero-order valence-corrected chi connectivity index (χ0v) is 6.71. The SMILES string of the molecule is CC(CO)N1CCCNC1=O. The summed E-state index contributed by atoms with van der Waals surface area (Å²) in [5.41, 5.74) is 0. The number of carbonyl (C=O) groups is 1. The fourth-order valence-electron chi connectivity index (χ4n) is 1.17. The quantitative estimate of drug-likeness (QED) is 0.584. The fourth-order valence-corrected chi connectivity index (χ4v) is 1.17. The summed E-state index contributed by atoms with van der Waals surface area (Å²) in [6.45, 7) is 3.39. The smallest absolute Gasteiger partial charge is 0.317 e. The van der Waals surface area contributed by atoms with Crippen molar-refractivity contribution in [1.82, 2.24) is 10.2 Å². The molecule has 0 bridgehead atoms. The van der Waals surface area contributed by atoms with Gasteiger partial charge in [0.15, 0.2) is 0 Å². The summed E-state index contributed by atoms with van der Waals surface area (Å²) in [5.74, 6) is 0. The van der Waals surface area contributed by atoms with Gasteiger partial charge in [-0.3, -0.25) is 0 Å². The Morgan fingerprint density at radius 2 is 2.55 bits per heavy atom. The average Bonchev–Trinajstić information content (AvgIpc) is 2.04. The first-order valence-corrected chi connectivity index (χ1v) is 3.91. The van der Waals surface area contributed by atoms with Crippen LogP contribution in [0.25, 0.3) is 0 Å². The van der Waals surface area contributed by atoms with Gasteiger partial charge in [0.05, 0.1) is 12.6 Å². The lowest BCUT2D eigenvalue weighted by Crippen LogP contribution is -2.51. The van der Waals surface area contributed by atoms with Crippen LogP contribution in [-0.4, -0.2) is 41.8 Å². The van der Waals surface area contributed by atoms with E-state index in [4.69, 9.17) is 5.11 Å². The van der Waals surface area contributed by atoms with Gasteiger partial charge in [0, 0.05) is 13.1 Å². The highest BCUT2D eigenvalue weighted by Crippen LogP contribution is 2.03. The lowest BCUT2D eigenvalue weighted by Gasteiger charge is -2.31. The number of nitrogens with one attached hydrogen (secondary N) is 1. The predicted octanol–water partition coefficient (Wildman–Crippen LogP) is -0.217. The molecule has 1 rings (SSSR count). The molecule has 1 heterocycles. The third-order valence-corrected chi connectivity index (χ3v) is 1.91. The maximum atomic E-state index is 11.1. The Morgan fingerprint density at radius 1 is 1.82 bits per heavy atom. The molecule has 4 heteroatoms. The molecular weight excluding hydrogens is 144 g/mol. The van der Waals surface area contributed by atoms with E-state index in [1.165, 1.54) is 0 Å². The first-order valence-electron chi connectivity index (χ1n) is 3.91. The zero-order valence-electron chi connectivity index (χ0n) is 6.71. The minimum Gasteiger partial charge on any atom is -0.394 e. The summed E-state index contributed by atoms with van der Waals surface area (Å²) >= 11 is 0. The molecule has 4 nitrogen and oxygen atoms in total. The Labute approximate surface area is 66.2 Å². The second-order valence-electron chi connectivity index (χ2n) is 2.81. The van der Waals surface area contributed by atoms with Gasteiger partial charge in [-0.1, -0.05) is 0 Å². The number of aliphatic hydroxyl groups is 1. The van der Waals surface area contributed by atoms with Crippen LogP contribution in [0.4, 0.5) is 4.79 Å². The van der Waals surface area contributed by atoms with E-state index in [9.17, 15) is 4.79 Å². The van der Waals surface area contributed by atoms with Gasteiger partial charge in [0.25, 0.3) is 0 Å². The third kappa shape index (κ3) is 1.83. The van der Waals surface area contributed by atoms with Crippen molar-refractivity contribution in [2.75, 3.05) is 19.7 Å². The fraction of sp³-hybridized carbons (Fsp3) is 0.857. The number of carbonyl (C=O) groups excluding carboxylic acids is 1. The van der Waals surface area contributed by atoms with E-state index in [1.807, 2.05) is 6.92 Å². The molecule has 0 aromatic carbocycles. The summed E-state index contributed by atoms with van der Waals surface area (Å²) < 4.78 is 0. The van der Waals surface area contributed by atoms with Crippen molar-refractivity contribution in [3.63, 3.8) is 0 Å². The molecule has 1 atom stereocenters. The Bertz CT molecular complexity index is 149. The van der Waals surface area contributed by atoms with Crippen LogP contribution in [0.2, 0.25) is 0 Å². The topological polar surface area (TPSA) is 52.6 Å². The number of rotatable bonds is 2. The summed E-state index contributed by atoms with van der Waals surface area (Å²) in [6.07, 6.45) is 0.968. The molecular formula is C7H14N2O2. The Kier molecular flexibility index (Phi) is 2.70. The van der Waals surface area contributed by atoms with Crippen molar-refractivity contribution in [1.29, 1.82) is 0 Å². The zero-order chi connectivity index (χ0) is 8.27. The minimum absolute atomic E-state index is 0.0351. The van der Waals surface area contributed by atoms with Crippen LogP contribution in [0, 0.1) is 0 Å². The van der Waals surface area contributed by atoms with Gasteiger partial charge < -0.3 is 15.3 Å². The molecule has 0 aromatic rings. The third-order valence-electron chi connectivity index (χ3n) is 1.91. The number of aliphatic hydroxyl groups excluding tert-OH is 1. The van der Waals surface area contributed by atoms with Gasteiger partial charge in [0.1, 0.15) is 0 Å². The highest BCUT2D eigenvalue weighted by molar-refractivity contribution is 5.75. The van der Waals surface area contributed by atoms with Crippen LogP contribution in [-0.2, 0) is 0 Å². The summed E-state index contributed by atoms with van der Waals surface area (Å²) in [5, 5.41) is 11.5. The second kappa shape index (κ2) is 3.57. The van der Waals surface area contributed by atoms with Crippen LogP contribution >= 0.6 is 0 Å². The van der Waals surface area contributed by atoms with E-state index in [-0.39, 0.29) is 18.7 Å². The first-order chi connectivity index (χ1) is 5.25. The Balaban J connectivity index is 2.47. The van der Waals surface area contributed by atoms with Gasteiger partial charge in [-0.2, -0.15) is 0 Å². The van der Waals surface area contributed by atoms with Crippen LogP contribution in [0.5, 0.6) is 0 Å². The van der Waals surface area contributed by atoms with Gasteiger partial charge in [-0.05, 0) is 13.3 Å². The monoisotopic (exact) mass is 158 g/mol. The summed E-state index contributed by atoms with van der Waals surface area (Å²) in [4.78, 5) is 12.8. The lowest BCUT2D eigenvalue weighted by atomic mass is 10.2. The van der Waals surface area contributed by atoms with E-state index in [0.29, 0.717) is 0 Å². The molecule has 1 fully saturated rings. The van der Waals surface area contributed by atoms with Crippen molar-refractivity contribution >= 4 is 6.03 Å². The predicted molar refractivity (Wildman–Crippen MR) is 41.3 cm³/mol. The number of urea groups is 1. The van der Waals surface area contributed by atoms with Crippen LogP contribution in [0.1, 0.15) is 13.3 Å².